The molecule has 1 fully saturated rings. The summed E-state index contributed by atoms with van der Waals surface area (Å²) < 4.78 is 0. The zero-order chi connectivity index (χ0) is 17.3. The van der Waals surface area contributed by atoms with E-state index in [1.165, 1.54) is 0 Å². The summed E-state index contributed by atoms with van der Waals surface area (Å²) in [4.78, 5) is 24.5. The highest BCUT2D eigenvalue weighted by atomic mass is 35.5. The van der Waals surface area contributed by atoms with Crippen LogP contribution in [0, 0.1) is 18.8 Å². The van der Waals surface area contributed by atoms with Crippen molar-refractivity contribution in [3.63, 3.8) is 0 Å². The van der Waals surface area contributed by atoms with Gasteiger partial charge in [0.25, 0.3) is 0 Å². The van der Waals surface area contributed by atoms with E-state index in [1.54, 1.807) is 42.5 Å². The monoisotopic (exact) mass is 362 g/mol. The second-order valence-electron chi connectivity index (χ2n) is 5.87. The molecule has 6 heteroatoms. The summed E-state index contributed by atoms with van der Waals surface area (Å²) in [6, 6.07) is 12.3. The SMILES string of the molecule is Cc1cc(Cl)ccc1NC(=O)C1CC1C(=O)Nc1ccccc1Cl. The van der Waals surface area contributed by atoms with E-state index >= 15 is 0 Å². The van der Waals surface area contributed by atoms with E-state index in [0.29, 0.717) is 27.8 Å². The fraction of sp³-hybridized carbons (Fsp3) is 0.222. The van der Waals surface area contributed by atoms with Gasteiger partial charge in [0.05, 0.1) is 22.5 Å². The molecule has 1 aliphatic carbocycles. The highest BCUT2D eigenvalue weighted by Gasteiger charge is 2.48. The van der Waals surface area contributed by atoms with Crippen molar-refractivity contribution in [3.8, 4) is 0 Å². The normalized spacial score (nSPS) is 18.8. The van der Waals surface area contributed by atoms with E-state index in [1.807, 2.05) is 6.92 Å². The van der Waals surface area contributed by atoms with Crippen molar-refractivity contribution in [3.05, 3.63) is 58.1 Å². The lowest BCUT2D eigenvalue weighted by Crippen LogP contribution is -2.21. The first-order valence-corrected chi connectivity index (χ1v) is 8.33. The number of halogens is 2. The number of anilines is 2. The number of para-hydroxylation sites is 1. The third-order valence-corrected chi connectivity index (χ3v) is 4.61. The summed E-state index contributed by atoms with van der Waals surface area (Å²) in [5.74, 6) is -0.979. The molecule has 0 spiro atoms. The molecule has 2 aromatic carbocycles. The Balaban J connectivity index is 1.59. The predicted octanol–water partition coefficient (Wildman–Crippen LogP) is 4.52. The first kappa shape index (κ1) is 16.8. The molecular formula is C18H16Cl2N2O2. The first-order chi connectivity index (χ1) is 11.5. The zero-order valence-corrected chi connectivity index (χ0v) is 14.5. The van der Waals surface area contributed by atoms with Crippen LogP contribution in [0.3, 0.4) is 0 Å². The Bertz CT molecular complexity index is 807. The van der Waals surface area contributed by atoms with E-state index in [4.69, 9.17) is 23.2 Å². The molecule has 0 radical (unpaired) electrons. The molecule has 0 bridgehead atoms. The molecule has 0 aliphatic heterocycles. The maximum absolute atomic E-state index is 12.3. The van der Waals surface area contributed by atoms with Crippen LogP contribution in [0.4, 0.5) is 11.4 Å². The Morgan fingerprint density at radius 1 is 0.958 bits per heavy atom. The number of carbonyl (C=O) groups is 2. The van der Waals surface area contributed by atoms with Crippen molar-refractivity contribution in [2.75, 3.05) is 10.6 Å². The Labute approximate surface area is 150 Å². The number of carbonyl (C=O) groups excluding carboxylic acids is 2. The van der Waals surface area contributed by atoms with Crippen LogP contribution >= 0.6 is 23.2 Å². The van der Waals surface area contributed by atoms with Gasteiger partial charge in [-0.1, -0.05) is 35.3 Å². The number of hydrogen-bond donors (Lipinski definition) is 2. The topological polar surface area (TPSA) is 58.2 Å². The third kappa shape index (κ3) is 3.71. The van der Waals surface area contributed by atoms with Crippen LogP contribution in [0.5, 0.6) is 0 Å². The molecule has 1 saturated carbocycles. The fourth-order valence-corrected chi connectivity index (χ4v) is 2.96. The maximum Gasteiger partial charge on any atom is 0.228 e. The standard InChI is InChI=1S/C18H16Cl2N2O2/c1-10-8-11(19)6-7-15(10)21-17(23)12-9-13(12)18(24)22-16-5-3-2-4-14(16)20/h2-8,12-13H,9H2,1H3,(H,21,23)(H,22,24). The number of aryl methyl sites for hydroxylation is 1. The van der Waals surface area contributed by atoms with Crippen molar-refractivity contribution < 1.29 is 9.59 Å². The van der Waals surface area contributed by atoms with Crippen molar-refractivity contribution in [1.29, 1.82) is 0 Å². The van der Waals surface area contributed by atoms with Gasteiger partial charge in [-0.15, -0.1) is 0 Å². The van der Waals surface area contributed by atoms with Crippen molar-refractivity contribution in [1.82, 2.24) is 0 Å². The van der Waals surface area contributed by atoms with E-state index in [2.05, 4.69) is 10.6 Å². The minimum absolute atomic E-state index is 0.153. The van der Waals surface area contributed by atoms with Crippen molar-refractivity contribution >= 4 is 46.4 Å². The van der Waals surface area contributed by atoms with E-state index in [-0.39, 0.29) is 23.7 Å². The summed E-state index contributed by atoms with van der Waals surface area (Å²) in [7, 11) is 0. The molecule has 0 aromatic heterocycles. The average Bonchev–Trinajstić information content (AvgIpc) is 3.33. The van der Waals surface area contributed by atoms with Crippen LogP contribution in [-0.2, 0) is 9.59 Å². The minimum Gasteiger partial charge on any atom is -0.326 e. The number of hydrogen-bond acceptors (Lipinski definition) is 2. The van der Waals surface area contributed by atoms with E-state index in [9.17, 15) is 9.59 Å². The van der Waals surface area contributed by atoms with Gasteiger partial charge in [0.2, 0.25) is 11.8 Å². The Morgan fingerprint density at radius 2 is 1.58 bits per heavy atom. The van der Waals surface area contributed by atoms with Crippen molar-refractivity contribution in [2.24, 2.45) is 11.8 Å². The van der Waals surface area contributed by atoms with Gasteiger partial charge in [-0.3, -0.25) is 9.59 Å². The van der Waals surface area contributed by atoms with Gasteiger partial charge < -0.3 is 10.6 Å². The number of amides is 2. The van der Waals surface area contributed by atoms with Gasteiger partial charge in [0.15, 0.2) is 0 Å². The molecule has 2 amide bonds. The Kier molecular flexibility index (Phi) is 4.78. The highest BCUT2D eigenvalue weighted by molar-refractivity contribution is 6.33. The Hall–Kier alpha value is -2.04. The molecule has 24 heavy (non-hydrogen) atoms. The summed E-state index contributed by atoms with van der Waals surface area (Å²) >= 11 is 11.9. The number of rotatable bonds is 4. The molecule has 4 nitrogen and oxygen atoms in total. The molecule has 2 aromatic rings. The lowest BCUT2D eigenvalue weighted by Gasteiger charge is -2.09. The van der Waals surface area contributed by atoms with Gasteiger partial charge in [-0.05, 0) is 49.2 Å². The first-order valence-electron chi connectivity index (χ1n) is 7.58. The van der Waals surface area contributed by atoms with Crippen LogP contribution in [-0.4, -0.2) is 11.8 Å². The van der Waals surface area contributed by atoms with Gasteiger partial charge in [-0.25, -0.2) is 0 Å². The number of nitrogens with one attached hydrogen (secondary N) is 2. The summed E-state index contributed by atoms with van der Waals surface area (Å²) in [5.41, 5.74) is 2.15. The van der Waals surface area contributed by atoms with E-state index < -0.39 is 0 Å². The predicted molar refractivity (Wildman–Crippen MR) is 96.5 cm³/mol. The lowest BCUT2D eigenvalue weighted by atomic mass is 10.2. The van der Waals surface area contributed by atoms with Gasteiger partial charge in [0.1, 0.15) is 0 Å². The molecule has 2 unspecified atom stereocenters. The molecule has 124 valence electrons. The molecule has 1 aliphatic rings. The van der Waals surface area contributed by atoms with Crippen LogP contribution in [0.15, 0.2) is 42.5 Å². The largest absolute Gasteiger partial charge is 0.326 e. The second kappa shape index (κ2) is 6.83. The summed E-state index contributed by atoms with van der Waals surface area (Å²) in [6.45, 7) is 1.87. The maximum atomic E-state index is 12.3. The molecular weight excluding hydrogens is 347 g/mol. The Morgan fingerprint density at radius 3 is 2.21 bits per heavy atom. The van der Waals surface area contributed by atoms with Crippen LogP contribution < -0.4 is 10.6 Å². The quantitative estimate of drug-likeness (QED) is 0.839. The minimum atomic E-state index is -0.325. The van der Waals surface area contributed by atoms with Gasteiger partial charge in [-0.2, -0.15) is 0 Å². The second-order valence-corrected chi connectivity index (χ2v) is 6.71. The number of benzene rings is 2. The van der Waals surface area contributed by atoms with E-state index in [0.717, 1.165) is 5.56 Å². The molecule has 2 atom stereocenters. The van der Waals surface area contributed by atoms with Crippen LogP contribution in [0.1, 0.15) is 12.0 Å². The fourth-order valence-electron chi connectivity index (χ4n) is 2.56. The lowest BCUT2D eigenvalue weighted by molar-refractivity contribution is -0.122. The smallest absolute Gasteiger partial charge is 0.228 e. The summed E-state index contributed by atoms with van der Waals surface area (Å²) in [6.07, 6.45) is 0.536. The molecule has 0 saturated heterocycles. The van der Waals surface area contributed by atoms with Gasteiger partial charge >= 0.3 is 0 Å². The third-order valence-electron chi connectivity index (χ3n) is 4.04. The molecule has 0 heterocycles. The van der Waals surface area contributed by atoms with Crippen LogP contribution in [0.2, 0.25) is 10.0 Å². The zero-order valence-electron chi connectivity index (χ0n) is 13.0. The molecule has 3 rings (SSSR count). The average molecular weight is 363 g/mol. The highest BCUT2D eigenvalue weighted by Crippen LogP contribution is 2.40. The van der Waals surface area contributed by atoms with Crippen LogP contribution in [0.25, 0.3) is 0 Å². The van der Waals surface area contributed by atoms with Crippen molar-refractivity contribution in [2.45, 2.75) is 13.3 Å². The summed E-state index contributed by atoms with van der Waals surface area (Å²) in [5, 5.41) is 6.72. The van der Waals surface area contributed by atoms with Gasteiger partial charge in [0, 0.05) is 10.7 Å². The molecule has 2 N–H and O–H groups in total.